The first-order chi connectivity index (χ1) is 20.0. The average Bonchev–Trinajstić information content (AvgIpc) is 3.41. The van der Waals surface area contributed by atoms with Crippen molar-refractivity contribution in [3.8, 4) is 17.2 Å². The van der Waals surface area contributed by atoms with Gasteiger partial charge in [0.25, 0.3) is 5.91 Å². The number of carbonyl (C=O) groups is 2. The first-order valence-electron chi connectivity index (χ1n) is 12.6. The molecule has 5 aromatic rings. The maximum Gasteiger partial charge on any atom is 0.255 e. The molecular weight excluding hydrogens is 558 g/mol. The zero-order valence-corrected chi connectivity index (χ0v) is 24.2. The lowest BCUT2D eigenvalue weighted by Crippen LogP contribution is -2.19. The minimum absolute atomic E-state index is 0.202. The zero-order valence-electron chi connectivity index (χ0n) is 22.5. The van der Waals surface area contributed by atoms with Crippen molar-refractivity contribution >= 4 is 55.9 Å². The van der Waals surface area contributed by atoms with Crippen LogP contribution in [0.25, 0.3) is 10.2 Å². The fourth-order valence-corrected chi connectivity index (χ4v) is 6.10. The second-order valence-electron chi connectivity index (χ2n) is 8.80. The van der Waals surface area contributed by atoms with Crippen LogP contribution < -0.4 is 24.8 Å². The number of aromatic nitrogens is 1. The normalized spacial score (nSPS) is 11.5. The third-order valence-corrected chi connectivity index (χ3v) is 8.34. The quantitative estimate of drug-likeness (QED) is 0.170. The molecule has 0 fully saturated rings. The predicted octanol–water partition coefficient (Wildman–Crippen LogP) is 7.05. The highest BCUT2D eigenvalue weighted by molar-refractivity contribution is 8.00. The number of methoxy groups -OCH3 is 3. The van der Waals surface area contributed by atoms with Gasteiger partial charge in [-0.2, -0.15) is 0 Å². The van der Waals surface area contributed by atoms with Crippen LogP contribution in [0.15, 0.2) is 95.9 Å². The summed E-state index contributed by atoms with van der Waals surface area (Å²) in [4.78, 5) is 31.9. The van der Waals surface area contributed by atoms with E-state index in [4.69, 9.17) is 14.2 Å². The van der Waals surface area contributed by atoms with Crippen LogP contribution in [0.5, 0.6) is 17.2 Å². The molecule has 10 heteroatoms. The van der Waals surface area contributed by atoms with Crippen molar-refractivity contribution in [3.05, 3.63) is 102 Å². The number of ether oxygens (including phenoxy) is 3. The predicted molar refractivity (Wildman–Crippen MR) is 164 cm³/mol. The number of carbonyl (C=O) groups excluding carboxylic acids is 2. The van der Waals surface area contributed by atoms with E-state index in [9.17, 15) is 9.59 Å². The number of hydrogen-bond acceptors (Lipinski definition) is 8. The summed E-state index contributed by atoms with van der Waals surface area (Å²) in [6, 6.07) is 27.5. The van der Waals surface area contributed by atoms with Gasteiger partial charge in [-0.3, -0.25) is 9.59 Å². The van der Waals surface area contributed by atoms with E-state index >= 15 is 0 Å². The topological polar surface area (TPSA) is 98.8 Å². The van der Waals surface area contributed by atoms with Gasteiger partial charge in [0.2, 0.25) is 5.91 Å². The zero-order chi connectivity index (χ0) is 28.8. The summed E-state index contributed by atoms with van der Waals surface area (Å²) in [7, 11) is 4.68. The van der Waals surface area contributed by atoms with Crippen LogP contribution in [0.3, 0.4) is 0 Å². The fourth-order valence-electron chi connectivity index (χ4n) is 4.12. The number of thiazole rings is 1. The van der Waals surface area contributed by atoms with Crippen LogP contribution in [0.1, 0.15) is 21.2 Å². The second kappa shape index (κ2) is 12.8. The first-order valence-corrected chi connectivity index (χ1v) is 14.3. The molecule has 2 N–H and O–H groups in total. The van der Waals surface area contributed by atoms with Gasteiger partial charge < -0.3 is 24.8 Å². The molecule has 0 aliphatic rings. The molecule has 208 valence electrons. The van der Waals surface area contributed by atoms with Gasteiger partial charge in [-0.05, 0) is 60.2 Å². The van der Waals surface area contributed by atoms with Crippen molar-refractivity contribution in [2.75, 3.05) is 32.0 Å². The molecule has 0 aliphatic heterocycles. The summed E-state index contributed by atoms with van der Waals surface area (Å²) in [6.45, 7) is 0. The SMILES string of the molecule is COc1ccc2nc(NC(=O)C(Sc3cccc(NC(=O)c4ccc(OC)c(OC)c4)c3)c3ccccc3)sc2c1. The van der Waals surface area contributed by atoms with Gasteiger partial charge >= 0.3 is 0 Å². The molecule has 0 radical (unpaired) electrons. The molecule has 5 rings (SSSR count). The third kappa shape index (κ3) is 6.62. The molecule has 0 saturated carbocycles. The number of thioether (sulfide) groups is 1. The minimum Gasteiger partial charge on any atom is -0.497 e. The monoisotopic (exact) mass is 585 g/mol. The van der Waals surface area contributed by atoms with Crippen molar-refractivity contribution in [2.24, 2.45) is 0 Å². The highest BCUT2D eigenvalue weighted by atomic mass is 32.2. The summed E-state index contributed by atoms with van der Waals surface area (Å²) < 4.78 is 16.8. The van der Waals surface area contributed by atoms with Crippen molar-refractivity contribution in [2.45, 2.75) is 10.1 Å². The summed E-state index contributed by atoms with van der Waals surface area (Å²) in [5.74, 6) is 1.24. The average molecular weight is 586 g/mol. The maximum absolute atomic E-state index is 13.6. The number of amides is 2. The number of hydrogen-bond donors (Lipinski definition) is 2. The van der Waals surface area contributed by atoms with Gasteiger partial charge in [-0.15, -0.1) is 11.8 Å². The Balaban J connectivity index is 1.35. The van der Waals surface area contributed by atoms with E-state index in [1.54, 1.807) is 38.5 Å². The Morgan fingerprint density at radius 2 is 1.61 bits per heavy atom. The van der Waals surface area contributed by atoms with Crippen LogP contribution in [0.2, 0.25) is 0 Å². The number of benzene rings is 4. The van der Waals surface area contributed by atoms with Gasteiger partial charge in [0.05, 0.1) is 31.5 Å². The molecule has 8 nitrogen and oxygen atoms in total. The largest absolute Gasteiger partial charge is 0.497 e. The molecule has 0 saturated heterocycles. The lowest BCUT2D eigenvalue weighted by molar-refractivity contribution is -0.115. The summed E-state index contributed by atoms with van der Waals surface area (Å²) >= 11 is 2.78. The van der Waals surface area contributed by atoms with Crippen LogP contribution in [0.4, 0.5) is 10.8 Å². The lowest BCUT2D eigenvalue weighted by Gasteiger charge is -2.17. The van der Waals surface area contributed by atoms with Crippen LogP contribution in [0, 0.1) is 0 Å². The van der Waals surface area contributed by atoms with Gasteiger partial charge in [0.1, 0.15) is 11.0 Å². The second-order valence-corrected chi connectivity index (χ2v) is 11.0. The van der Waals surface area contributed by atoms with Gasteiger partial charge in [0.15, 0.2) is 16.6 Å². The molecule has 4 aromatic carbocycles. The Bertz CT molecular complexity index is 1690. The van der Waals surface area contributed by atoms with Gasteiger partial charge in [0, 0.05) is 16.1 Å². The molecule has 1 heterocycles. The number of nitrogens with one attached hydrogen (secondary N) is 2. The number of rotatable bonds is 10. The van der Waals surface area contributed by atoms with Crippen molar-refractivity contribution < 1.29 is 23.8 Å². The van der Waals surface area contributed by atoms with Crippen molar-refractivity contribution in [1.29, 1.82) is 0 Å². The van der Waals surface area contributed by atoms with E-state index in [1.165, 1.54) is 30.2 Å². The number of anilines is 2. The summed E-state index contributed by atoms with van der Waals surface area (Å²) in [5, 5.41) is 5.87. The van der Waals surface area contributed by atoms with Gasteiger partial charge in [-0.25, -0.2) is 4.98 Å². The van der Waals surface area contributed by atoms with E-state index in [0.717, 1.165) is 26.4 Å². The van der Waals surface area contributed by atoms with E-state index in [-0.39, 0.29) is 11.8 Å². The highest BCUT2D eigenvalue weighted by Gasteiger charge is 2.24. The highest BCUT2D eigenvalue weighted by Crippen LogP contribution is 2.38. The van der Waals surface area contributed by atoms with E-state index in [0.29, 0.717) is 27.9 Å². The summed E-state index contributed by atoms with van der Waals surface area (Å²) in [6.07, 6.45) is 0. The Hall–Kier alpha value is -4.54. The smallest absolute Gasteiger partial charge is 0.255 e. The Kier molecular flexibility index (Phi) is 8.71. The van der Waals surface area contributed by atoms with Crippen LogP contribution in [-0.2, 0) is 4.79 Å². The standard InChI is InChI=1S/C31H27N3O5S2/c1-37-22-13-14-24-27(18-22)41-31(33-24)34-30(36)28(19-8-5-4-6-9-19)40-23-11-7-10-21(17-23)32-29(35)20-12-15-25(38-2)26(16-20)39-3/h4-18,28H,1-3H3,(H,32,35)(H,33,34,36). The molecular formula is C31H27N3O5S2. The number of fused-ring (bicyclic) bond motifs is 1. The fraction of sp³-hybridized carbons (Fsp3) is 0.129. The molecule has 0 bridgehead atoms. The van der Waals surface area contributed by atoms with Crippen LogP contribution in [-0.4, -0.2) is 38.1 Å². The molecule has 1 unspecified atom stereocenters. The molecule has 2 amide bonds. The summed E-state index contributed by atoms with van der Waals surface area (Å²) in [5.41, 5.74) is 2.66. The Labute approximate surface area is 245 Å². The maximum atomic E-state index is 13.6. The third-order valence-electron chi connectivity index (χ3n) is 6.16. The Morgan fingerprint density at radius 1 is 0.805 bits per heavy atom. The molecule has 1 aromatic heterocycles. The van der Waals surface area contributed by atoms with Crippen LogP contribution >= 0.6 is 23.1 Å². The Morgan fingerprint density at radius 3 is 2.37 bits per heavy atom. The first kappa shape index (κ1) is 28.0. The molecule has 41 heavy (non-hydrogen) atoms. The molecule has 0 spiro atoms. The minimum atomic E-state index is -0.561. The van der Waals surface area contributed by atoms with E-state index < -0.39 is 5.25 Å². The van der Waals surface area contributed by atoms with Gasteiger partial charge in [-0.1, -0.05) is 47.7 Å². The lowest BCUT2D eigenvalue weighted by atomic mass is 10.1. The van der Waals surface area contributed by atoms with E-state index in [1.807, 2.05) is 66.7 Å². The van der Waals surface area contributed by atoms with Crippen molar-refractivity contribution in [3.63, 3.8) is 0 Å². The van der Waals surface area contributed by atoms with Crippen molar-refractivity contribution in [1.82, 2.24) is 4.98 Å². The molecule has 1 atom stereocenters. The van der Waals surface area contributed by atoms with E-state index in [2.05, 4.69) is 15.6 Å². The number of nitrogens with zero attached hydrogens (tertiary/aromatic N) is 1. The molecule has 0 aliphatic carbocycles.